The Morgan fingerprint density at radius 3 is 2.41 bits per heavy atom. The summed E-state index contributed by atoms with van der Waals surface area (Å²) in [4.78, 5) is 6.91. The number of halogens is 5. The molecule has 0 spiro atoms. The number of rotatable bonds is 5. The Labute approximate surface area is 171 Å². The van der Waals surface area contributed by atoms with Crippen LogP contribution in [0.2, 0.25) is 10.0 Å². The lowest BCUT2D eigenvalue weighted by Crippen LogP contribution is -2.27. The standard InChI is InChI=1S/C19H19Cl2F3N2S/c1-4-26(3)18(13-8-6-5-7-12(13)2)25-16-10-17(15(21)9-14(16)20)27-11-19(22,23)24/h5-10H,4,11H2,1-3H3. The summed E-state index contributed by atoms with van der Waals surface area (Å²) in [5, 5.41) is 0.460. The molecule has 2 aromatic carbocycles. The third kappa shape index (κ3) is 6.06. The Morgan fingerprint density at radius 1 is 1.15 bits per heavy atom. The van der Waals surface area contributed by atoms with Gasteiger partial charge in [-0.1, -0.05) is 47.5 Å². The molecule has 0 N–H and O–H groups in total. The number of amidine groups is 1. The lowest BCUT2D eigenvalue weighted by Gasteiger charge is -2.21. The molecule has 8 heteroatoms. The van der Waals surface area contributed by atoms with Crippen molar-refractivity contribution in [2.24, 2.45) is 4.99 Å². The number of hydrogen-bond donors (Lipinski definition) is 0. The van der Waals surface area contributed by atoms with Gasteiger partial charge < -0.3 is 4.90 Å². The van der Waals surface area contributed by atoms with Gasteiger partial charge in [0.05, 0.1) is 21.5 Å². The minimum Gasteiger partial charge on any atom is -0.359 e. The van der Waals surface area contributed by atoms with Crippen LogP contribution in [0.3, 0.4) is 0 Å². The molecule has 0 heterocycles. The van der Waals surface area contributed by atoms with Gasteiger partial charge in [0.2, 0.25) is 0 Å². The summed E-state index contributed by atoms with van der Waals surface area (Å²) in [7, 11) is 1.90. The molecule has 0 amide bonds. The largest absolute Gasteiger partial charge is 0.398 e. The monoisotopic (exact) mass is 434 g/mol. The van der Waals surface area contributed by atoms with E-state index in [1.165, 1.54) is 12.1 Å². The first-order valence-electron chi connectivity index (χ1n) is 8.16. The summed E-state index contributed by atoms with van der Waals surface area (Å²) < 4.78 is 37.7. The average Bonchev–Trinajstić information content (AvgIpc) is 2.59. The van der Waals surface area contributed by atoms with E-state index < -0.39 is 11.9 Å². The van der Waals surface area contributed by atoms with Gasteiger partial charge in [-0.3, -0.25) is 0 Å². The topological polar surface area (TPSA) is 15.6 Å². The number of thioether (sulfide) groups is 1. The molecule has 2 nitrogen and oxygen atoms in total. The molecular weight excluding hydrogens is 416 g/mol. The van der Waals surface area contributed by atoms with E-state index in [9.17, 15) is 13.2 Å². The summed E-state index contributed by atoms with van der Waals surface area (Å²) in [6, 6.07) is 10.7. The zero-order valence-electron chi connectivity index (χ0n) is 15.1. The second-order valence-corrected chi connectivity index (χ2v) is 7.73. The number of alkyl halides is 3. The SMILES string of the molecule is CCN(C)C(=Nc1cc(SCC(F)(F)F)c(Cl)cc1Cl)c1ccccc1C. The summed E-state index contributed by atoms with van der Waals surface area (Å²) in [5.41, 5.74) is 2.34. The van der Waals surface area contributed by atoms with Crippen LogP contribution in [0, 0.1) is 6.92 Å². The van der Waals surface area contributed by atoms with Crippen LogP contribution in [-0.2, 0) is 0 Å². The number of hydrogen-bond acceptors (Lipinski definition) is 2. The second kappa shape index (κ2) is 9.22. The van der Waals surface area contributed by atoms with Crippen LogP contribution in [0.25, 0.3) is 0 Å². The van der Waals surface area contributed by atoms with E-state index in [0.29, 0.717) is 34.7 Å². The number of nitrogens with zero attached hydrogens (tertiary/aromatic N) is 2. The Morgan fingerprint density at radius 2 is 1.81 bits per heavy atom. The van der Waals surface area contributed by atoms with Crippen molar-refractivity contribution in [3.05, 3.63) is 57.6 Å². The van der Waals surface area contributed by atoms with E-state index >= 15 is 0 Å². The molecular formula is C19H19Cl2F3N2S. The molecule has 0 aliphatic heterocycles. The van der Waals surface area contributed by atoms with Gasteiger partial charge in [0.25, 0.3) is 0 Å². The highest BCUT2D eigenvalue weighted by Gasteiger charge is 2.28. The van der Waals surface area contributed by atoms with Crippen LogP contribution in [0.5, 0.6) is 0 Å². The molecule has 0 bridgehead atoms. The predicted molar refractivity (Wildman–Crippen MR) is 109 cm³/mol. The van der Waals surface area contributed by atoms with Gasteiger partial charge in [-0.2, -0.15) is 13.2 Å². The summed E-state index contributed by atoms with van der Waals surface area (Å²) >= 11 is 13.0. The quantitative estimate of drug-likeness (QED) is 0.286. The fourth-order valence-electron chi connectivity index (χ4n) is 2.31. The van der Waals surface area contributed by atoms with Crippen molar-refractivity contribution in [3.8, 4) is 0 Å². The number of aliphatic imine (C=N–C) groups is 1. The molecule has 2 aromatic rings. The van der Waals surface area contributed by atoms with Gasteiger partial charge >= 0.3 is 6.18 Å². The normalized spacial score (nSPS) is 12.4. The Kier molecular flexibility index (Phi) is 7.48. The van der Waals surface area contributed by atoms with Crippen molar-refractivity contribution in [2.45, 2.75) is 24.9 Å². The minimum atomic E-state index is -4.29. The molecule has 0 atom stereocenters. The Bertz CT molecular complexity index is 838. The van der Waals surface area contributed by atoms with Crippen LogP contribution in [-0.4, -0.2) is 36.3 Å². The first-order valence-corrected chi connectivity index (χ1v) is 9.91. The molecule has 0 saturated carbocycles. The van der Waals surface area contributed by atoms with Crippen LogP contribution in [0.1, 0.15) is 18.1 Å². The highest BCUT2D eigenvalue weighted by Crippen LogP contribution is 2.39. The summed E-state index contributed by atoms with van der Waals surface area (Å²) in [5.74, 6) is -0.344. The van der Waals surface area contributed by atoms with Crippen LogP contribution in [0.4, 0.5) is 18.9 Å². The first-order chi connectivity index (χ1) is 12.6. The third-order valence-electron chi connectivity index (χ3n) is 3.84. The van der Waals surface area contributed by atoms with Crippen LogP contribution in [0.15, 0.2) is 46.3 Å². The zero-order chi connectivity index (χ0) is 20.2. The predicted octanol–water partition coefficient (Wildman–Crippen LogP) is 6.99. The Hall–Kier alpha value is -1.37. The second-order valence-electron chi connectivity index (χ2n) is 5.90. The Balaban J connectivity index is 2.51. The summed E-state index contributed by atoms with van der Waals surface area (Å²) in [6.07, 6.45) is -4.29. The van der Waals surface area contributed by atoms with E-state index in [-0.39, 0.29) is 10.0 Å². The van der Waals surface area contributed by atoms with Gasteiger partial charge in [-0.15, -0.1) is 11.8 Å². The lowest BCUT2D eigenvalue weighted by molar-refractivity contribution is -0.105. The molecule has 0 unspecified atom stereocenters. The maximum atomic E-state index is 12.6. The fraction of sp³-hybridized carbons (Fsp3) is 0.316. The van der Waals surface area contributed by atoms with Gasteiger partial charge in [0.1, 0.15) is 5.84 Å². The van der Waals surface area contributed by atoms with E-state index in [1.54, 1.807) is 0 Å². The van der Waals surface area contributed by atoms with E-state index in [2.05, 4.69) is 4.99 Å². The average molecular weight is 435 g/mol. The molecule has 27 heavy (non-hydrogen) atoms. The van der Waals surface area contributed by atoms with Crippen molar-refractivity contribution < 1.29 is 13.2 Å². The highest BCUT2D eigenvalue weighted by molar-refractivity contribution is 7.99. The smallest absolute Gasteiger partial charge is 0.359 e. The van der Waals surface area contributed by atoms with E-state index in [1.807, 2.05) is 50.1 Å². The number of benzene rings is 2. The van der Waals surface area contributed by atoms with Gasteiger partial charge in [-0.05, 0) is 31.5 Å². The van der Waals surface area contributed by atoms with Crippen LogP contribution >= 0.6 is 35.0 Å². The van der Waals surface area contributed by atoms with Gasteiger partial charge in [0, 0.05) is 24.1 Å². The third-order valence-corrected chi connectivity index (χ3v) is 5.69. The zero-order valence-corrected chi connectivity index (χ0v) is 17.4. The maximum Gasteiger partial charge on any atom is 0.398 e. The lowest BCUT2D eigenvalue weighted by atomic mass is 10.1. The number of aryl methyl sites for hydroxylation is 1. The molecule has 0 saturated heterocycles. The van der Waals surface area contributed by atoms with Gasteiger partial charge in [-0.25, -0.2) is 4.99 Å². The highest BCUT2D eigenvalue weighted by atomic mass is 35.5. The molecule has 146 valence electrons. The molecule has 0 aliphatic carbocycles. The fourth-order valence-corrected chi connectivity index (χ4v) is 3.61. The van der Waals surface area contributed by atoms with E-state index in [4.69, 9.17) is 23.2 Å². The van der Waals surface area contributed by atoms with Gasteiger partial charge in [0.15, 0.2) is 0 Å². The van der Waals surface area contributed by atoms with E-state index in [0.717, 1.165) is 11.1 Å². The molecule has 0 radical (unpaired) electrons. The van der Waals surface area contributed by atoms with Crippen molar-refractivity contribution in [1.82, 2.24) is 4.90 Å². The van der Waals surface area contributed by atoms with Crippen molar-refractivity contribution >= 4 is 46.5 Å². The van der Waals surface area contributed by atoms with Crippen molar-refractivity contribution in [3.63, 3.8) is 0 Å². The molecule has 0 fully saturated rings. The maximum absolute atomic E-state index is 12.6. The van der Waals surface area contributed by atoms with Crippen molar-refractivity contribution in [1.29, 1.82) is 0 Å². The van der Waals surface area contributed by atoms with Crippen LogP contribution < -0.4 is 0 Å². The molecule has 0 aliphatic rings. The molecule has 2 rings (SSSR count). The first kappa shape index (κ1) is 21.9. The molecule has 0 aromatic heterocycles. The van der Waals surface area contributed by atoms with Crippen molar-refractivity contribution in [2.75, 3.05) is 19.3 Å². The summed E-state index contributed by atoms with van der Waals surface area (Å²) in [6.45, 7) is 4.67. The minimum absolute atomic E-state index is 0.175.